The average molecular weight is 586 g/mol. The Kier molecular flexibility index (Phi) is 10.9. The van der Waals surface area contributed by atoms with E-state index in [2.05, 4.69) is 10.6 Å². The first-order chi connectivity index (χ1) is 20.1. The smallest absolute Gasteiger partial charge is 0.257 e. The van der Waals surface area contributed by atoms with E-state index >= 15 is 0 Å². The van der Waals surface area contributed by atoms with Gasteiger partial charge in [0.1, 0.15) is 11.9 Å². The number of nitrogens with zero attached hydrogens (tertiary/aromatic N) is 3. The zero-order valence-corrected chi connectivity index (χ0v) is 24.8. The monoisotopic (exact) mass is 585 g/mol. The van der Waals surface area contributed by atoms with Gasteiger partial charge in [-0.15, -0.1) is 0 Å². The molecule has 0 saturated carbocycles. The van der Waals surface area contributed by atoms with Crippen LogP contribution in [0.2, 0.25) is 0 Å². The highest BCUT2D eigenvalue weighted by atomic mass is 19.1. The number of fused-ring (bicyclic) bond motifs is 3. The number of carbonyl (C=O) groups is 5. The molecule has 2 bridgehead atoms. The van der Waals surface area contributed by atoms with Crippen molar-refractivity contribution in [1.29, 1.82) is 0 Å². The highest BCUT2D eigenvalue weighted by Gasteiger charge is 2.37. The van der Waals surface area contributed by atoms with E-state index in [1.54, 1.807) is 11.0 Å². The van der Waals surface area contributed by atoms with Gasteiger partial charge >= 0.3 is 0 Å². The van der Waals surface area contributed by atoms with E-state index in [0.29, 0.717) is 58.3 Å². The molecule has 3 aliphatic heterocycles. The van der Waals surface area contributed by atoms with Gasteiger partial charge in [0, 0.05) is 51.6 Å². The average Bonchev–Trinajstić information content (AvgIpc) is 3.36. The van der Waals surface area contributed by atoms with Crippen molar-refractivity contribution in [3.8, 4) is 0 Å². The first-order valence-corrected chi connectivity index (χ1v) is 15.4. The minimum absolute atomic E-state index is 0.0510. The topological polar surface area (TPSA) is 119 Å². The lowest BCUT2D eigenvalue weighted by Crippen LogP contribution is -2.55. The highest BCUT2D eigenvalue weighted by Crippen LogP contribution is 2.23. The van der Waals surface area contributed by atoms with E-state index in [1.165, 1.54) is 21.9 Å². The Bertz CT molecular complexity index is 1170. The zero-order chi connectivity index (χ0) is 30.2. The number of nitrogens with one attached hydrogen (secondary N) is 2. The molecule has 3 heterocycles. The van der Waals surface area contributed by atoms with E-state index in [4.69, 9.17) is 0 Å². The standard InChI is InChI=1S/C31H44FN5O5/c1-21(2)25-19-36(29(40)13-17-35-15-5-3-4-10-28(35)39)20-27(38)33-14-6-8-22-11-12-24(32)23(18-22)31(42)37-16-7-9-26(37)30(41)34-25/h11-12,18,21,25-26H,3-10,13-17,19-20H2,1-2H3,(H,33,38)(H,34,41)/t25-,26-/m0/s1. The van der Waals surface area contributed by atoms with Gasteiger partial charge in [-0.1, -0.05) is 26.3 Å². The lowest BCUT2D eigenvalue weighted by atomic mass is 10.0. The number of benzene rings is 1. The van der Waals surface area contributed by atoms with Crippen LogP contribution in [0.25, 0.3) is 0 Å². The van der Waals surface area contributed by atoms with Crippen molar-refractivity contribution < 1.29 is 28.4 Å². The maximum absolute atomic E-state index is 14.8. The molecule has 0 aromatic heterocycles. The van der Waals surface area contributed by atoms with Crippen molar-refractivity contribution in [3.05, 3.63) is 35.1 Å². The minimum atomic E-state index is -0.751. The summed E-state index contributed by atoms with van der Waals surface area (Å²) >= 11 is 0. The third-order valence-electron chi connectivity index (χ3n) is 8.55. The summed E-state index contributed by atoms with van der Waals surface area (Å²) < 4.78 is 14.8. The van der Waals surface area contributed by atoms with E-state index in [0.717, 1.165) is 24.8 Å². The van der Waals surface area contributed by atoms with Crippen LogP contribution >= 0.6 is 0 Å². The Hall–Kier alpha value is -3.50. The normalized spacial score (nSPS) is 23.3. The van der Waals surface area contributed by atoms with Gasteiger partial charge in [-0.05, 0) is 62.1 Å². The third-order valence-corrected chi connectivity index (χ3v) is 8.55. The van der Waals surface area contributed by atoms with Gasteiger partial charge in [0.25, 0.3) is 5.91 Å². The molecular weight excluding hydrogens is 541 g/mol. The fourth-order valence-electron chi connectivity index (χ4n) is 5.94. The number of aryl methyl sites for hydroxylation is 1. The lowest BCUT2D eigenvalue weighted by Gasteiger charge is -2.32. The van der Waals surface area contributed by atoms with Crippen molar-refractivity contribution in [1.82, 2.24) is 25.3 Å². The van der Waals surface area contributed by atoms with Gasteiger partial charge < -0.3 is 25.3 Å². The largest absolute Gasteiger partial charge is 0.355 e. The Morgan fingerprint density at radius 2 is 1.83 bits per heavy atom. The van der Waals surface area contributed by atoms with Crippen LogP contribution in [-0.2, 0) is 25.6 Å². The Morgan fingerprint density at radius 1 is 1.02 bits per heavy atom. The van der Waals surface area contributed by atoms with Crippen LogP contribution in [0, 0.1) is 11.7 Å². The molecule has 1 aromatic rings. The number of amides is 5. The first-order valence-electron chi connectivity index (χ1n) is 15.4. The lowest BCUT2D eigenvalue weighted by molar-refractivity contribution is -0.138. The van der Waals surface area contributed by atoms with Crippen LogP contribution in [0.5, 0.6) is 0 Å². The molecule has 2 N–H and O–H groups in total. The maximum atomic E-state index is 14.8. The van der Waals surface area contributed by atoms with Crippen LogP contribution in [0.15, 0.2) is 18.2 Å². The molecule has 2 atom stereocenters. The van der Waals surface area contributed by atoms with Crippen LogP contribution in [0.4, 0.5) is 4.39 Å². The molecule has 5 amide bonds. The first kappa shape index (κ1) is 31.4. The number of rotatable bonds is 4. The van der Waals surface area contributed by atoms with Gasteiger partial charge in [0.15, 0.2) is 0 Å². The summed E-state index contributed by atoms with van der Waals surface area (Å²) in [5.74, 6) is -2.10. The van der Waals surface area contributed by atoms with Crippen molar-refractivity contribution in [2.45, 2.75) is 83.7 Å². The summed E-state index contributed by atoms with van der Waals surface area (Å²) in [5.41, 5.74) is 0.707. The van der Waals surface area contributed by atoms with Crippen molar-refractivity contribution in [3.63, 3.8) is 0 Å². The number of carbonyl (C=O) groups excluding carboxylic acids is 5. The van der Waals surface area contributed by atoms with Crippen LogP contribution in [-0.4, -0.2) is 95.6 Å². The molecular formula is C31H44FN5O5. The van der Waals surface area contributed by atoms with Crippen molar-refractivity contribution >= 4 is 29.5 Å². The quantitative estimate of drug-likeness (QED) is 0.562. The molecule has 0 aliphatic carbocycles. The van der Waals surface area contributed by atoms with Crippen molar-refractivity contribution in [2.24, 2.45) is 5.92 Å². The van der Waals surface area contributed by atoms with Crippen LogP contribution < -0.4 is 10.6 Å². The van der Waals surface area contributed by atoms with E-state index in [9.17, 15) is 28.4 Å². The molecule has 0 spiro atoms. The van der Waals surface area contributed by atoms with Gasteiger partial charge in [0.05, 0.1) is 12.1 Å². The molecule has 230 valence electrons. The minimum Gasteiger partial charge on any atom is -0.355 e. The fourth-order valence-corrected chi connectivity index (χ4v) is 5.94. The highest BCUT2D eigenvalue weighted by molar-refractivity contribution is 5.98. The Labute approximate surface area is 247 Å². The SMILES string of the molecule is CC(C)[C@@H]1CN(C(=O)CCN2CCCCCC2=O)CC(=O)NCCCc2ccc(F)c(c2)C(=O)N2CCC[C@H]2C(=O)N1. The van der Waals surface area contributed by atoms with Crippen LogP contribution in [0.3, 0.4) is 0 Å². The van der Waals surface area contributed by atoms with E-state index < -0.39 is 23.8 Å². The summed E-state index contributed by atoms with van der Waals surface area (Å²) in [5, 5.41) is 5.89. The number of likely N-dealkylation sites (tertiary alicyclic amines) is 1. The second-order valence-corrected chi connectivity index (χ2v) is 12.0. The summed E-state index contributed by atoms with van der Waals surface area (Å²) in [6, 6.07) is 3.20. The molecule has 2 saturated heterocycles. The zero-order valence-electron chi connectivity index (χ0n) is 24.8. The predicted molar refractivity (Wildman–Crippen MR) is 155 cm³/mol. The molecule has 42 heavy (non-hydrogen) atoms. The number of halogens is 1. The molecule has 3 aliphatic rings. The molecule has 0 unspecified atom stereocenters. The predicted octanol–water partition coefficient (Wildman–Crippen LogP) is 2.25. The second kappa shape index (κ2) is 14.6. The molecule has 10 nitrogen and oxygen atoms in total. The van der Waals surface area contributed by atoms with Gasteiger partial charge in [-0.3, -0.25) is 24.0 Å². The van der Waals surface area contributed by atoms with E-state index in [1.807, 2.05) is 13.8 Å². The van der Waals surface area contributed by atoms with Gasteiger partial charge in [-0.2, -0.15) is 0 Å². The van der Waals surface area contributed by atoms with Gasteiger partial charge in [-0.25, -0.2) is 4.39 Å². The molecule has 4 rings (SSSR count). The van der Waals surface area contributed by atoms with Gasteiger partial charge in [0.2, 0.25) is 23.6 Å². The number of hydrogen-bond acceptors (Lipinski definition) is 5. The summed E-state index contributed by atoms with van der Waals surface area (Å²) in [4.78, 5) is 70.5. The van der Waals surface area contributed by atoms with E-state index in [-0.39, 0.29) is 54.6 Å². The second-order valence-electron chi connectivity index (χ2n) is 12.0. The molecule has 1 aromatic carbocycles. The molecule has 2 fully saturated rings. The van der Waals surface area contributed by atoms with Crippen molar-refractivity contribution in [2.75, 3.05) is 39.3 Å². The molecule has 0 radical (unpaired) electrons. The Morgan fingerprint density at radius 3 is 2.62 bits per heavy atom. The molecule has 11 heteroatoms. The van der Waals surface area contributed by atoms with Crippen LogP contribution in [0.1, 0.15) is 81.1 Å². The third kappa shape index (κ3) is 8.07. The number of hydrogen-bond donors (Lipinski definition) is 2. The maximum Gasteiger partial charge on any atom is 0.257 e. The Balaban J connectivity index is 1.55. The summed E-state index contributed by atoms with van der Waals surface area (Å²) in [7, 11) is 0. The summed E-state index contributed by atoms with van der Waals surface area (Å²) in [6.07, 6.45) is 5.49. The summed E-state index contributed by atoms with van der Waals surface area (Å²) in [6.45, 7) is 5.41. The fraction of sp³-hybridized carbons (Fsp3) is 0.645.